The van der Waals surface area contributed by atoms with Crippen LogP contribution in [0.4, 0.5) is 0 Å². The van der Waals surface area contributed by atoms with Gasteiger partial charge in [-0.05, 0) is 19.3 Å². The van der Waals surface area contributed by atoms with Gasteiger partial charge in [0.15, 0.2) is 5.78 Å². The van der Waals surface area contributed by atoms with Gasteiger partial charge >= 0.3 is 5.97 Å². The van der Waals surface area contributed by atoms with E-state index < -0.39 is 5.97 Å². The number of rotatable bonds is 1. The van der Waals surface area contributed by atoms with Gasteiger partial charge in [0, 0.05) is 18.3 Å². The lowest BCUT2D eigenvalue weighted by molar-refractivity contribution is 0.0597. The second-order valence-electron chi connectivity index (χ2n) is 3.68. The summed E-state index contributed by atoms with van der Waals surface area (Å²) in [7, 11) is 1.32. The predicted molar refractivity (Wildman–Crippen MR) is 54.0 cm³/mol. The number of ether oxygens (including phenoxy) is 1. The molecule has 1 heterocycles. The van der Waals surface area contributed by atoms with Crippen LogP contribution < -0.4 is 0 Å². The number of esters is 1. The first kappa shape index (κ1) is 9.96. The van der Waals surface area contributed by atoms with Crippen LogP contribution in [0, 0.1) is 0 Å². The van der Waals surface area contributed by atoms with Gasteiger partial charge in [0.25, 0.3) is 0 Å². The number of carbonyl (C=O) groups is 2. The maximum Gasteiger partial charge on any atom is 0.340 e. The van der Waals surface area contributed by atoms with E-state index in [1.165, 1.54) is 7.11 Å². The average Bonchev–Trinajstić information content (AvgIpc) is 2.58. The number of fused-ring (bicyclic) bond motifs is 1. The Morgan fingerprint density at radius 2 is 2.13 bits per heavy atom. The Hall–Kier alpha value is -1.58. The van der Waals surface area contributed by atoms with Crippen molar-refractivity contribution in [2.75, 3.05) is 7.11 Å². The third-order valence-corrected chi connectivity index (χ3v) is 2.73. The second-order valence-corrected chi connectivity index (χ2v) is 3.68. The molecule has 0 spiro atoms. The van der Waals surface area contributed by atoms with Crippen LogP contribution in [0.2, 0.25) is 0 Å². The number of aromatic amines is 1. The highest BCUT2D eigenvalue weighted by Crippen LogP contribution is 2.23. The average molecular weight is 207 g/mol. The molecule has 0 saturated carbocycles. The highest BCUT2D eigenvalue weighted by molar-refractivity contribution is 6.07. The van der Waals surface area contributed by atoms with Crippen molar-refractivity contribution in [2.45, 2.75) is 25.7 Å². The van der Waals surface area contributed by atoms with Crippen molar-refractivity contribution < 1.29 is 14.3 Å². The molecular formula is C11H13NO3. The molecule has 0 amide bonds. The van der Waals surface area contributed by atoms with Crippen molar-refractivity contribution in [3.8, 4) is 0 Å². The lowest BCUT2D eigenvalue weighted by atomic mass is 10.1. The van der Waals surface area contributed by atoms with Crippen LogP contribution in [0.15, 0.2) is 6.20 Å². The molecule has 1 N–H and O–H groups in total. The van der Waals surface area contributed by atoms with Crippen molar-refractivity contribution in [2.24, 2.45) is 0 Å². The van der Waals surface area contributed by atoms with Gasteiger partial charge in [0.2, 0.25) is 0 Å². The topological polar surface area (TPSA) is 59.2 Å². The van der Waals surface area contributed by atoms with E-state index in [0.717, 1.165) is 25.0 Å². The van der Waals surface area contributed by atoms with Crippen LogP contribution in [0.1, 0.15) is 45.7 Å². The Morgan fingerprint density at radius 1 is 1.40 bits per heavy atom. The lowest BCUT2D eigenvalue weighted by Crippen LogP contribution is -2.08. The molecule has 80 valence electrons. The molecule has 15 heavy (non-hydrogen) atoms. The number of hydrogen-bond donors (Lipinski definition) is 1. The number of hydrogen-bond acceptors (Lipinski definition) is 3. The van der Waals surface area contributed by atoms with Crippen LogP contribution in [-0.4, -0.2) is 23.8 Å². The minimum absolute atomic E-state index is 0.0455. The molecule has 4 nitrogen and oxygen atoms in total. The molecule has 0 saturated heterocycles. The largest absolute Gasteiger partial charge is 0.465 e. The zero-order valence-electron chi connectivity index (χ0n) is 8.63. The van der Waals surface area contributed by atoms with E-state index >= 15 is 0 Å². The summed E-state index contributed by atoms with van der Waals surface area (Å²) in [6, 6.07) is 0. The number of Topliss-reactive ketones (excluding diaryl/α,β-unsaturated/α-hetero) is 1. The molecule has 0 radical (unpaired) electrons. The van der Waals surface area contributed by atoms with Crippen LogP contribution in [-0.2, 0) is 11.2 Å². The van der Waals surface area contributed by atoms with E-state index in [1.54, 1.807) is 6.20 Å². The maximum absolute atomic E-state index is 11.8. The summed E-state index contributed by atoms with van der Waals surface area (Å²) in [5.41, 5.74) is 1.79. The molecule has 4 heteroatoms. The summed E-state index contributed by atoms with van der Waals surface area (Å²) in [5, 5.41) is 0. The number of aryl methyl sites for hydroxylation is 1. The minimum Gasteiger partial charge on any atom is -0.465 e. The number of carbonyl (C=O) groups excluding carboxylic acids is 2. The molecule has 0 unspecified atom stereocenters. The Balaban J connectivity index is 2.46. The summed E-state index contributed by atoms with van der Waals surface area (Å²) in [4.78, 5) is 26.2. The Kier molecular flexibility index (Phi) is 2.58. The Labute approximate surface area is 87.6 Å². The Bertz CT molecular complexity index is 406. The first-order valence-electron chi connectivity index (χ1n) is 5.06. The van der Waals surface area contributed by atoms with Crippen LogP contribution >= 0.6 is 0 Å². The Morgan fingerprint density at radius 3 is 2.87 bits per heavy atom. The normalized spacial score (nSPS) is 15.7. The van der Waals surface area contributed by atoms with Gasteiger partial charge in [-0.1, -0.05) is 0 Å². The highest BCUT2D eigenvalue weighted by atomic mass is 16.5. The predicted octanol–water partition coefficient (Wildman–Crippen LogP) is 1.71. The summed E-state index contributed by atoms with van der Waals surface area (Å²) in [5.74, 6) is -0.396. The second kappa shape index (κ2) is 3.88. The van der Waals surface area contributed by atoms with Crippen molar-refractivity contribution in [1.29, 1.82) is 0 Å². The van der Waals surface area contributed by atoms with E-state index in [9.17, 15) is 9.59 Å². The molecule has 1 aromatic heterocycles. The molecule has 2 rings (SSSR count). The zero-order valence-corrected chi connectivity index (χ0v) is 8.63. The van der Waals surface area contributed by atoms with Gasteiger partial charge in [-0.15, -0.1) is 0 Å². The van der Waals surface area contributed by atoms with Crippen LogP contribution in [0.25, 0.3) is 0 Å². The molecule has 1 aliphatic rings. The third kappa shape index (κ3) is 1.67. The van der Waals surface area contributed by atoms with Gasteiger partial charge in [-0.3, -0.25) is 4.79 Å². The SMILES string of the molecule is COC(=O)c1c[nH]c2c1C(=O)CCCC2. The molecular weight excluding hydrogens is 194 g/mol. The quantitative estimate of drug-likeness (QED) is 0.563. The molecule has 0 atom stereocenters. The molecule has 0 aromatic carbocycles. The van der Waals surface area contributed by atoms with Crippen molar-refractivity contribution in [1.82, 2.24) is 4.98 Å². The van der Waals surface area contributed by atoms with E-state index in [-0.39, 0.29) is 5.78 Å². The van der Waals surface area contributed by atoms with Crippen molar-refractivity contribution >= 4 is 11.8 Å². The van der Waals surface area contributed by atoms with Gasteiger partial charge in [0.1, 0.15) is 0 Å². The summed E-state index contributed by atoms with van der Waals surface area (Å²) >= 11 is 0. The number of methoxy groups -OCH3 is 1. The van der Waals surface area contributed by atoms with Gasteiger partial charge in [-0.2, -0.15) is 0 Å². The first-order chi connectivity index (χ1) is 7.24. The van der Waals surface area contributed by atoms with E-state index in [2.05, 4.69) is 9.72 Å². The molecule has 0 fully saturated rings. The van der Waals surface area contributed by atoms with Crippen LogP contribution in [0.5, 0.6) is 0 Å². The fraction of sp³-hybridized carbons (Fsp3) is 0.455. The fourth-order valence-electron chi connectivity index (χ4n) is 1.97. The van der Waals surface area contributed by atoms with E-state index in [1.807, 2.05) is 0 Å². The zero-order chi connectivity index (χ0) is 10.8. The van der Waals surface area contributed by atoms with Gasteiger partial charge in [-0.25, -0.2) is 4.79 Å². The third-order valence-electron chi connectivity index (χ3n) is 2.73. The molecule has 1 aromatic rings. The highest BCUT2D eigenvalue weighted by Gasteiger charge is 2.24. The molecule has 0 aliphatic heterocycles. The number of ketones is 1. The monoisotopic (exact) mass is 207 g/mol. The van der Waals surface area contributed by atoms with Crippen molar-refractivity contribution in [3.05, 3.63) is 23.0 Å². The smallest absolute Gasteiger partial charge is 0.340 e. The fourth-order valence-corrected chi connectivity index (χ4v) is 1.97. The standard InChI is InChI=1S/C11H13NO3/c1-15-11(14)7-6-12-8-4-2-3-5-9(13)10(7)8/h6,12H,2-5H2,1H3. The summed E-state index contributed by atoms with van der Waals surface area (Å²) in [6.45, 7) is 0. The van der Waals surface area contributed by atoms with Crippen LogP contribution in [0.3, 0.4) is 0 Å². The molecule has 0 bridgehead atoms. The van der Waals surface area contributed by atoms with Gasteiger partial charge in [0.05, 0.1) is 18.2 Å². The first-order valence-corrected chi connectivity index (χ1v) is 5.06. The lowest BCUT2D eigenvalue weighted by Gasteiger charge is -2.00. The van der Waals surface area contributed by atoms with E-state index in [0.29, 0.717) is 17.5 Å². The number of nitrogens with one attached hydrogen (secondary N) is 1. The minimum atomic E-state index is -0.442. The number of aromatic nitrogens is 1. The summed E-state index contributed by atoms with van der Waals surface area (Å²) in [6.07, 6.45) is 4.80. The van der Waals surface area contributed by atoms with E-state index in [4.69, 9.17) is 0 Å². The number of H-pyrrole nitrogens is 1. The summed E-state index contributed by atoms with van der Waals surface area (Å²) < 4.78 is 4.64. The van der Waals surface area contributed by atoms with Gasteiger partial charge < -0.3 is 9.72 Å². The molecule has 1 aliphatic carbocycles. The van der Waals surface area contributed by atoms with Crippen molar-refractivity contribution in [3.63, 3.8) is 0 Å². The maximum atomic E-state index is 11.8.